The van der Waals surface area contributed by atoms with Crippen LogP contribution in [-0.4, -0.2) is 14.9 Å². The lowest BCUT2D eigenvalue weighted by atomic mass is 10.1. The Morgan fingerprint density at radius 3 is 1.52 bits per heavy atom. The predicted molar refractivity (Wildman–Crippen MR) is 99.6 cm³/mol. The van der Waals surface area contributed by atoms with Crippen LogP contribution in [0.25, 0.3) is 0 Å². The van der Waals surface area contributed by atoms with Gasteiger partial charge >= 0.3 is 0 Å². The number of hydrogen-bond acceptors (Lipinski definition) is 1. The molecule has 128 valence electrons. The van der Waals surface area contributed by atoms with Crippen LogP contribution >= 0.6 is 0 Å². The molecule has 0 aliphatic heterocycles. The minimum Gasteiger partial charge on any atom is -0.417 e. The maximum Gasteiger partial charge on any atom is 0.186 e. The van der Waals surface area contributed by atoms with E-state index < -0.39 is 8.32 Å². The molecule has 0 saturated heterocycles. The Labute approximate surface area is 136 Å². The van der Waals surface area contributed by atoms with Crippen molar-refractivity contribution < 1.29 is 4.43 Å². The molecule has 0 aliphatic rings. The van der Waals surface area contributed by atoms with E-state index >= 15 is 0 Å². The van der Waals surface area contributed by atoms with E-state index in [2.05, 4.69) is 26.9 Å². The van der Waals surface area contributed by atoms with Gasteiger partial charge in [-0.15, -0.1) is 0 Å². The van der Waals surface area contributed by atoms with Gasteiger partial charge in [0, 0.05) is 6.61 Å². The Bertz CT molecular complexity index is 204. The normalized spacial score (nSPS) is 12.0. The van der Waals surface area contributed by atoms with Gasteiger partial charge in [0.1, 0.15) is 0 Å². The zero-order chi connectivity index (χ0) is 15.8. The second-order valence-corrected chi connectivity index (χ2v) is 11.6. The van der Waals surface area contributed by atoms with Crippen LogP contribution in [0.15, 0.2) is 0 Å². The lowest BCUT2D eigenvalue weighted by Crippen LogP contribution is -2.30. The molecule has 0 aliphatic carbocycles. The average molecular weight is 315 g/mol. The first-order valence-corrected chi connectivity index (χ1v) is 12.9. The first kappa shape index (κ1) is 21.2. The molecule has 0 aromatic carbocycles. The summed E-state index contributed by atoms with van der Waals surface area (Å²) in [5.74, 6) is 0. The standard InChI is InChI=1S/C19H42OSi/c1-5-7-9-10-11-12-13-14-15-17-19-21(3,4)20-18-16-8-6-2/h5-19H2,1-4H3. The van der Waals surface area contributed by atoms with Gasteiger partial charge in [0.05, 0.1) is 0 Å². The minimum absolute atomic E-state index is 1.00. The fourth-order valence-corrected chi connectivity index (χ4v) is 4.75. The average Bonchev–Trinajstić information content (AvgIpc) is 2.45. The maximum absolute atomic E-state index is 6.15. The molecule has 0 aromatic heterocycles. The van der Waals surface area contributed by atoms with Crippen LogP contribution in [0, 0.1) is 0 Å². The Hall–Kier alpha value is 0.177. The first-order chi connectivity index (χ1) is 10.1. The summed E-state index contributed by atoms with van der Waals surface area (Å²) in [6.45, 7) is 10.3. The van der Waals surface area contributed by atoms with Gasteiger partial charge in [-0.2, -0.15) is 0 Å². The van der Waals surface area contributed by atoms with Crippen molar-refractivity contribution in [3.63, 3.8) is 0 Å². The van der Waals surface area contributed by atoms with Gasteiger partial charge in [-0.3, -0.25) is 0 Å². The summed E-state index contributed by atoms with van der Waals surface area (Å²) in [6.07, 6.45) is 18.2. The summed E-state index contributed by atoms with van der Waals surface area (Å²) in [4.78, 5) is 0. The fourth-order valence-electron chi connectivity index (χ4n) is 2.81. The van der Waals surface area contributed by atoms with E-state index in [1.165, 1.54) is 89.5 Å². The van der Waals surface area contributed by atoms with Crippen LogP contribution in [0.2, 0.25) is 19.1 Å². The van der Waals surface area contributed by atoms with E-state index in [0.717, 1.165) is 6.61 Å². The lowest BCUT2D eigenvalue weighted by molar-refractivity contribution is 0.294. The maximum atomic E-state index is 6.15. The first-order valence-electron chi connectivity index (χ1n) is 9.76. The summed E-state index contributed by atoms with van der Waals surface area (Å²) >= 11 is 0. The SMILES string of the molecule is CCCCCCCCCCCC[Si](C)(C)OCCCCC. The molecule has 0 bridgehead atoms. The van der Waals surface area contributed by atoms with E-state index in [9.17, 15) is 0 Å². The third-order valence-electron chi connectivity index (χ3n) is 4.37. The van der Waals surface area contributed by atoms with Crippen LogP contribution in [0.3, 0.4) is 0 Å². The van der Waals surface area contributed by atoms with Gasteiger partial charge in [0.25, 0.3) is 0 Å². The van der Waals surface area contributed by atoms with E-state index in [0.29, 0.717) is 0 Å². The molecule has 1 nitrogen and oxygen atoms in total. The molecule has 2 heteroatoms. The van der Waals surface area contributed by atoms with Crippen molar-refractivity contribution in [3.8, 4) is 0 Å². The molecule has 0 rings (SSSR count). The van der Waals surface area contributed by atoms with Crippen LogP contribution in [0.5, 0.6) is 0 Å². The topological polar surface area (TPSA) is 9.23 Å². The molecule has 0 spiro atoms. The highest BCUT2D eigenvalue weighted by molar-refractivity contribution is 6.71. The van der Waals surface area contributed by atoms with Gasteiger partial charge in [-0.25, -0.2) is 0 Å². The van der Waals surface area contributed by atoms with Gasteiger partial charge in [-0.05, 0) is 25.6 Å². The van der Waals surface area contributed by atoms with Crippen LogP contribution < -0.4 is 0 Å². The summed E-state index contributed by atoms with van der Waals surface area (Å²) in [5, 5.41) is 0. The fraction of sp³-hybridized carbons (Fsp3) is 1.00. The Balaban J connectivity index is 3.28. The largest absolute Gasteiger partial charge is 0.417 e. The molecule has 0 atom stereocenters. The van der Waals surface area contributed by atoms with Crippen molar-refractivity contribution in [2.45, 2.75) is 116 Å². The third kappa shape index (κ3) is 16.4. The van der Waals surface area contributed by atoms with E-state index in [1.54, 1.807) is 0 Å². The third-order valence-corrected chi connectivity index (χ3v) is 6.92. The molecule has 0 radical (unpaired) electrons. The Morgan fingerprint density at radius 1 is 0.571 bits per heavy atom. The van der Waals surface area contributed by atoms with Gasteiger partial charge in [0.2, 0.25) is 0 Å². The van der Waals surface area contributed by atoms with E-state index in [-0.39, 0.29) is 0 Å². The van der Waals surface area contributed by atoms with Crippen LogP contribution in [-0.2, 0) is 4.43 Å². The number of rotatable bonds is 16. The van der Waals surface area contributed by atoms with Crippen molar-refractivity contribution in [1.82, 2.24) is 0 Å². The van der Waals surface area contributed by atoms with Crippen molar-refractivity contribution in [1.29, 1.82) is 0 Å². The van der Waals surface area contributed by atoms with Gasteiger partial charge in [-0.1, -0.05) is 90.9 Å². The molecule has 0 aromatic rings. The summed E-state index contributed by atoms with van der Waals surface area (Å²) < 4.78 is 6.15. The van der Waals surface area contributed by atoms with Gasteiger partial charge < -0.3 is 4.43 Å². The highest BCUT2D eigenvalue weighted by Crippen LogP contribution is 2.18. The molecular formula is C19H42OSi. The lowest BCUT2D eigenvalue weighted by Gasteiger charge is -2.22. The van der Waals surface area contributed by atoms with Crippen LogP contribution in [0.1, 0.15) is 97.3 Å². The van der Waals surface area contributed by atoms with E-state index in [1.807, 2.05) is 0 Å². The number of hydrogen-bond donors (Lipinski definition) is 0. The zero-order valence-electron chi connectivity index (χ0n) is 15.5. The van der Waals surface area contributed by atoms with Crippen molar-refractivity contribution in [2.75, 3.05) is 6.61 Å². The Kier molecular flexibility index (Phi) is 15.2. The molecule has 0 heterocycles. The summed E-state index contributed by atoms with van der Waals surface area (Å²) in [7, 11) is -1.34. The van der Waals surface area contributed by atoms with Gasteiger partial charge in [0.15, 0.2) is 8.32 Å². The van der Waals surface area contributed by atoms with Crippen molar-refractivity contribution in [3.05, 3.63) is 0 Å². The van der Waals surface area contributed by atoms with E-state index in [4.69, 9.17) is 4.43 Å². The zero-order valence-corrected chi connectivity index (χ0v) is 16.5. The molecule has 0 unspecified atom stereocenters. The molecule has 0 N–H and O–H groups in total. The second kappa shape index (κ2) is 15.1. The molecule has 0 fully saturated rings. The second-order valence-electron chi connectivity index (χ2n) is 7.25. The van der Waals surface area contributed by atoms with Crippen molar-refractivity contribution >= 4 is 8.32 Å². The Morgan fingerprint density at radius 2 is 1.00 bits per heavy atom. The molecular weight excluding hydrogens is 272 g/mol. The summed E-state index contributed by atoms with van der Waals surface area (Å²) in [6, 6.07) is 1.36. The number of unbranched alkanes of at least 4 members (excludes halogenated alkanes) is 11. The highest BCUT2D eigenvalue weighted by Gasteiger charge is 2.21. The highest BCUT2D eigenvalue weighted by atomic mass is 28.4. The molecule has 0 amide bonds. The summed E-state index contributed by atoms with van der Waals surface area (Å²) in [5.41, 5.74) is 0. The smallest absolute Gasteiger partial charge is 0.186 e. The van der Waals surface area contributed by atoms with Crippen molar-refractivity contribution in [2.24, 2.45) is 0 Å². The molecule has 21 heavy (non-hydrogen) atoms. The monoisotopic (exact) mass is 314 g/mol. The molecule has 0 saturated carbocycles. The quantitative estimate of drug-likeness (QED) is 0.214. The predicted octanol–water partition coefficient (Wildman–Crippen LogP) is 7.32. The minimum atomic E-state index is -1.34. The van der Waals surface area contributed by atoms with Crippen LogP contribution in [0.4, 0.5) is 0 Å².